The van der Waals surface area contributed by atoms with Crippen molar-refractivity contribution >= 4 is 31.7 Å². The van der Waals surface area contributed by atoms with Crippen LogP contribution in [0.25, 0.3) is 0 Å². The SMILES string of the molecule is Cc1ccc(C(=O)O)cc1S(=O)(=O)Cc1ccc(Br)cn1. The maximum absolute atomic E-state index is 12.4. The highest BCUT2D eigenvalue weighted by molar-refractivity contribution is 9.10. The molecule has 0 aliphatic carbocycles. The average Bonchev–Trinajstić information content (AvgIpc) is 2.41. The smallest absolute Gasteiger partial charge is 0.335 e. The van der Waals surface area contributed by atoms with Crippen LogP contribution in [0.4, 0.5) is 0 Å². The molecule has 0 radical (unpaired) electrons. The Morgan fingerprint density at radius 3 is 2.57 bits per heavy atom. The van der Waals surface area contributed by atoms with Crippen LogP contribution in [0.15, 0.2) is 45.9 Å². The number of aryl methyl sites for hydroxylation is 1. The molecule has 0 aliphatic rings. The van der Waals surface area contributed by atoms with E-state index in [1.54, 1.807) is 19.1 Å². The van der Waals surface area contributed by atoms with Gasteiger partial charge in [0.15, 0.2) is 9.84 Å². The van der Waals surface area contributed by atoms with Crippen molar-refractivity contribution in [1.29, 1.82) is 0 Å². The number of aromatic nitrogens is 1. The third-order valence-electron chi connectivity index (χ3n) is 2.90. The Morgan fingerprint density at radius 1 is 1.29 bits per heavy atom. The van der Waals surface area contributed by atoms with Gasteiger partial charge >= 0.3 is 5.97 Å². The number of sulfone groups is 1. The summed E-state index contributed by atoms with van der Waals surface area (Å²) in [5, 5.41) is 8.97. The Hall–Kier alpha value is -1.73. The molecule has 21 heavy (non-hydrogen) atoms. The number of hydrogen-bond donors (Lipinski definition) is 1. The van der Waals surface area contributed by atoms with Gasteiger partial charge in [-0.3, -0.25) is 4.98 Å². The molecular weight excluding hydrogens is 358 g/mol. The first-order chi connectivity index (χ1) is 9.79. The van der Waals surface area contributed by atoms with Crippen LogP contribution in [0.2, 0.25) is 0 Å². The molecule has 0 bridgehead atoms. The minimum atomic E-state index is -3.65. The lowest BCUT2D eigenvalue weighted by Crippen LogP contribution is -2.09. The Kier molecular flexibility index (Phi) is 4.43. The van der Waals surface area contributed by atoms with Gasteiger partial charge in [0, 0.05) is 10.7 Å². The van der Waals surface area contributed by atoms with Gasteiger partial charge in [-0.1, -0.05) is 6.07 Å². The fourth-order valence-corrected chi connectivity index (χ4v) is 3.65. The minimum Gasteiger partial charge on any atom is -0.478 e. The van der Waals surface area contributed by atoms with Crippen molar-refractivity contribution in [2.75, 3.05) is 0 Å². The van der Waals surface area contributed by atoms with Gasteiger partial charge in [0.2, 0.25) is 0 Å². The number of pyridine rings is 1. The molecule has 1 aromatic carbocycles. The molecule has 0 aliphatic heterocycles. The lowest BCUT2D eigenvalue weighted by Gasteiger charge is -2.08. The van der Waals surface area contributed by atoms with Crippen molar-refractivity contribution in [3.05, 3.63) is 57.8 Å². The van der Waals surface area contributed by atoms with Crippen molar-refractivity contribution in [2.45, 2.75) is 17.6 Å². The lowest BCUT2D eigenvalue weighted by atomic mass is 10.1. The Morgan fingerprint density at radius 2 is 2.00 bits per heavy atom. The van der Waals surface area contributed by atoms with E-state index in [1.807, 2.05) is 0 Å². The summed E-state index contributed by atoms with van der Waals surface area (Å²) in [7, 11) is -3.65. The molecule has 0 spiro atoms. The maximum Gasteiger partial charge on any atom is 0.335 e. The molecule has 0 unspecified atom stereocenters. The maximum atomic E-state index is 12.4. The second-order valence-corrected chi connectivity index (χ2v) is 7.39. The molecule has 1 heterocycles. The molecular formula is C14H12BrNO4S. The zero-order chi connectivity index (χ0) is 15.6. The fraction of sp³-hybridized carbons (Fsp3) is 0.143. The standard InChI is InChI=1S/C14H12BrNO4S/c1-9-2-3-10(14(17)18)6-13(9)21(19,20)8-12-5-4-11(15)7-16-12/h2-7H,8H2,1H3,(H,17,18). The third kappa shape index (κ3) is 3.68. The van der Waals surface area contributed by atoms with Gasteiger partial charge in [-0.15, -0.1) is 0 Å². The van der Waals surface area contributed by atoms with Gasteiger partial charge in [-0.25, -0.2) is 13.2 Å². The largest absolute Gasteiger partial charge is 0.478 e. The number of hydrogen-bond acceptors (Lipinski definition) is 4. The Balaban J connectivity index is 2.41. The summed E-state index contributed by atoms with van der Waals surface area (Å²) in [6.07, 6.45) is 1.52. The number of halogens is 1. The lowest BCUT2D eigenvalue weighted by molar-refractivity contribution is 0.0696. The highest BCUT2D eigenvalue weighted by Crippen LogP contribution is 2.21. The first-order valence-corrected chi connectivity index (χ1v) is 8.41. The van der Waals surface area contributed by atoms with Gasteiger partial charge in [0.25, 0.3) is 0 Å². The van der Waals surface area contributed by atoms with E-state index in [-0.39, 0.29) is 16.2 Å². The summed E-state index contributed by atoms with van der Waals surface area (Å²) in [5.41, 5.74) is 0.860. The zero-order valence-electron chi connectivity index (χ0n) is 11.1. The highest BCUT2D eigenvalue weighted by atomic mass is 79.9. The van der Waals surface area contributed by atoms with Crippen LogP contribution < -0.4 is 0 Å². The van der Waals surface area contributed by atoms with E-state index in [1.165, 1.54) is 24.4 Å². The topological polar surface area (TPSA) is 84.3 Å². The molecule has 7 heteroatoms. The van der Waals surface area contributed by atoms with E-state index < -0.39 is 15.8 Å². The number of benzene rings is 1. The summed E-state index contributed by atoms with van der Waals surface area (Å²) in [6, 6.07) is 7.38. The summed E-state index contributed by atoms with van der Waals surface area (Å²) < 4.78 is 25.6. The second-order valence-electron chi connectivity index (χ2n) is 4.51. The molecule has 2 rings (SSSR count). The molecule has 1 N–H and O–H groups in total. The van der Waals surface area contributed by atoms with Crippen LogP contribution in [0.3, 0.4) is 0 Å². The Labute approximate surface area is 130 Å². The molecule has 0 fully saturated rings. The van der Waals surface area contributed by atoms with Crippen LogP contribution in [-0.4, -0.2) is 24.5 Å². The molecule has 0 amide bonds. The molecule has 110 valence electrons. The minimum absolute atomic E-state index is 0.0205. The molecule has 0 saturated carbocycles. The number of nitrogens with zero attached hydrogens (tertiary/aromatic N) is 1. The summed E-state index contributed by atoms with van der Waals surface area (Å²) in [4.78, 5) is 15.0. The predicted octanol–water partition coefficient (Wildman–Crippen LogP) is 2.82. The fourth-order valence-electron chi connectivity index (χ4n) is 1.83. The average molecular weight is 370 g/mol. The first-order valence-electron chi connectivity index (χ1n) is 5.97. The van der Waals surface area contributed by atoms with E-state index in [0.29, 0.717) is 11.3 Å². The van der Waals surface area contributed by atoms with Crippen LogP contribution in [0.1, 0.15) is 21.6 Å². The van der Waals surface area contributed by atoms with Crippen molar-refractivity contribution in [1.82, 2.24) is 4.98 Å². The molecule has 0 atom stereocenters. The number of aromatic carboxylic acids is 1. The van der Waals surface area contributed by atoms with E-state index in [4.69, 9.17) is 5.11 Å². The first kappa shape index (κ1) is 15.7. The molecule has 0 saturated heterocycles. The van der Waals surface area contributed by atoms with Crippen LogP contribution in [0, 0.1) is 6.92 Å². The van der Waals surface area contributed by atoms with Gasteiger partial charge in [-0.05, 0) is 52.7 Å². The summed E-state index contributed by atoms with van der Waals surface area (Å²) in [5.74, 6) is -1.43. The van der Waals surface area contributed by atoms with Crippen molar-refractivity contribution in [3.8, 4) is 0 Å². The number of carboxylic acids is 1. The summed E-state index contributed by atoms with van der Waals surface area (Å²) in [6.45, 7) is 1.63. The third-order valence-corrected chi connectivity index (χ3v) is 5.15. The second kappa shape index (κ2) is 5.95. The van der Waals surface area contributed by atoms with Crippen molar-refractivity contribution in [2.24, 2.45) is 0 Å². The Bertz CT molecular complexity index is 785. The van der Waals surface area contributed by atoms with E-state index in [9.17, 15) is 13.2 Å². The van der Waals surface area contributed by atoms with E-state index >= 15 is 0 Å². The van der Waals surface area contributed by atoms with Crippen LogP contribution in [0.5, 0.6) is 0 Å². The summed E-state index contributed by atoms with van der Waals surface area (Å²) >= 11 is 3.23. The van der Waals surface area contributed by atoms with Crippen molar-refractivity contribution in [3.63, 3.8) is 0 Å². The number of carbonyl (C=O) groups is 1. The van der Waals surface area contributed by atoms with Crippen molar-refractivity contribution < 1.29 is 18.3 Å². The highest BCUT2D eigenvalue weighted by Gasteiger charge is 2.20. The predicted molar refractivity (Wildman–Crippen MR) is 81.0 cm³/mol. The number of carboxylic acid groups (broad SMARTS) is 1. The quantitative estimate of drug-likeness (QED) is 0.895. The zero-order valence-corrected chi connectivity index (χ0v) is 13.5. The van der Waals surface area contributed by atoms with Gasteiger partial charge in [0.05, 0.1) is 21.9 Å². The number of rotatable bonds is 4. The van der Waals surface area contributed by atoms with Crippen LogP contribution in [-0.2, 0) is 15.6 Å². The van der Waals surface area contributed by atoms with Gasteiger partial charge in [0.1, 0.15) is 0 Å². The van der Waals surface area contributed by atoms with E-state index in [2.05, 4.69) is 20.9 Å². The monoisotopic (exact) mass is 369 g/mol. The molecule has 5 nitrogen and oxygen atoms in total. The molecule has 2 aromatic rings. The normalized spacial score (nSPS) is 11.3. The molecule has 1 aromatic heterocycles. The van der Waals surface area contributed by atoms with Gasteiger partial charge in [-0.2, -0.15) is 0 Å². The van der Waals surface area contributed by atoms with Gasteiger partial charge < -0.3 is 5.11 Å². The van der Waals surface area contributed by atoms with Crippen LogP contribution >= 0.6 is 15.9 Å². The van der Waals surface area contributed by atoms with E-state index in [0.717, 1.165) is 4.47 Å².